The van der Waals surface area contributed by atoms with Crippen LogP contribution >= 0.6 is 54.5 Å². The van der Waals surface area contributed by atoms with Crippen molar-refractivity contribution < 1.29 is 4.79 Å². The first-order chi connectivity index (χ1) is 10.1. The SMILES string of the molecule is CCN1CCc2nc(NC(=O)c3cc(Br)c(Br)s3)sc2C1. The zero-order chi connectivity index (χ0) is 15.0. The molecular formula is C13H13Br2N3OS2. The molecule has 0 saturated heterocycles. The van der Waals surface area contributed by atoms with Gasteiger partial charge in [0.25, 0.3) is 5.91 Å². The van der Waals surface area contributed by atoms with Crippen LogP contribution in [0.2, 0.25) is 0 Å². The van der Waals surface area contributed by atoms with E-state index in [-0.39, 0.29) is 5.91 Å². The molecular weight excluding hydrogens is 438 g/mol. The Kier molecular flexibility index (Phi) is 4.80. The molecule has 8 heteroatoms. The van der Waals surface area contributed by atoms with E-state index in [1.54, 1.807) is 11.3 Å². The summed E-state index contributed by atoms with van der Waals surface area (Å²) in [6, 6.07) is 1.82. The highest BCUT2D eigenvalue weighted by molar-refractivity contribution is 9.13. The predicted molar refractivity (Wildman–Crippen MR) is 94.4 cm³/mol. The second-order valence-corrected chi connectivity index (χ2v) is 9.00. The fourth-order valence-corrected chi connectivity index (χ4v) is 5.17. The van der Waals surface area contributed by atoms with Crippen LogP contribution in [-0.4, -0.2) is 28.9 Å². The number of nitrogens with one attached hydrogen (secondary N) is 1. The molecule has 0 aliphatic carbocycles. The van der Waals surface area contributed by atoms with Gasteiger partial charge >= 0.3 is 0 Å². The van der Waals surface area contributed by atoms with Crippen LogP contribution in [0.4, 0.5) is 5.13 Å². The molecule has 1 amide bonds. The van der Waals surface area contributed by atoms with Crippen molar-refractivity contribution >= 4 is 65.6 Å². The Bertz CT molecular complexity index is 664. The molecule has 0 bridgehead atoms. The van der Waals surface area contributed by atoms with Gasteiger partial charge in [-0.15, -0.1) is 22.7 Å². The van der Waals surface area contributed by atoms with Gasteiger partial charge in [-0.1, -0.05) is 6.92 Å². The standard InChI is InChI=1S/C13H13Br2N3OS2/c1-2-18-4-3-8-10(6-18)21-13(16-8)17-12(19)9-5-7(14)11(15)20-9/h5H,2-4,6H2,1H3,(H,16,17,19). The first-order valence-electron chi connectivity index (χ1n) is 6.54. The zero-order valence-corrected chi connectivity index (χ0v) is 16.1. The van der Waals surface area contributed by atoms with Crippen molar-refractivity contribution in [3.8, 4) is 0 Å². The van der Waals surface area contributed by atoms with Gasteiger partial charge in [0.15, 0.2) is 5.13 Å². The van der Waals surface area contributed by atoms with E-state index in [0.29, 0.717) is 10.0 Å². The largest absolute Gasteiger partial charge is 0.298 e. The number of fused-ring (bicyclic) bond motifs is 1. The molecule has 112 valence electrons. The van der Waals surface area contributed by atoms with Crippen LogP contribution in [0, 0.1) is 0 Å². The highest BCUT2D eigenvalue weighted by Crippen LogP contribution is 2.33. The molecule has 0 saturated carbocycles. The van der Waals surface area contributed by atoms with Gasteiger partial charge < -0.3 is 0 Å². The topological polar surface area (TPSA) is 45.2 Å². The van der Waals surface area contributed by atoms with Crippen molar-refractivity contribution in [2.45, 2.75) is 19.9 Å². The number of amides is 1. The summed E-state index contributed by atoms with van der Waals surface area (Å²) >= 11 is 9.79. The summed E-state index contributed by atoms with van der Waals surface area (Å²) in [7, 11) is 0. The van der Waals surface area contributed by atoms with Gasteiger partial charge in [-0.25, -0.2) is 4.98 Å². The minimum atomic E-state index is -0.107. The third-order valence-corrected chi connectivity index (χ3v) is 7.60. The number of carbonyl (C=O) groups is 1. The molecule has 0 aromatic carbocycles. The summed E-state index contributed by atoms with van der Waals surface area (Å²) in [6.45, 7) is 5.21. The Balaban J connectivity index is 1.74. The molecule has 4 nitrogen and oxygen atoms in total. The lowest BCUT2D eigenvalue weighted by Crippen LogP contribution is -2.29. The van der Waals surface area contributed by atoms with Crippen LogP contribution in [0.25, 0.3) is 0 Å². The molecule has 0 spiro atoms. The molecule has 1 aliphatic heterocycles. The Morgan fingerprint density at radius 3 is 2.95 bits per heavy atom. The van der Waals surface area contributed by atoms with E-state index >= 15 is 0 Å². The molecule has 3 heterocycles. The number of hydrogen-bond acceptors (Lipinski definition) is 5. The number of likely N-dealkylation sites (N-methyl/N-ethyl adjacent to an activating group) is 1. The average molecular weight is 451 g/mol. The van der Waals surface area contributed by atoms with Gasteiger partial charge in [0.1, 0.15) is 0 Å². The molecule has 3 rings (SSSR count). The molecule has 0 atom stereocenters. The van der Waals surface area contributed by atoms with E-state index in [1.165, 1.54) is 16.2 Å². The normalized spacial score (nSPS) is 15.0. The molecule has 21 heavy (non-hydrogen) atoms. The van der Waals surface area contributed by atoms with E-state index in [9.17, 15) is 4.79 Å². The Morgan fingerprint density at radius 2 is 2.29 bits per heavy atom. The second kappa shape index (κ2) is 6.45. The maximum Gasteiger partial charge on any atom is 0.267 e. The van der Waals surface area contributed by atoms with E-state index in [2.05, 4.69) is 54.0 Å². The first kappa shape index (κ1) is 15.6. The lowest BCUT2D eigenvalue weighted by molar-refractivity contribution is 0.103. The first-order valence-corrected chi connectivity index (χ1v) is 9.76. The number of nitrogens with zero attached hydrogens (tertiary/aromatic N) is 2. The number of halogens is 2. The molecule has 1 N–H and O–H groups in total. The minimum absolute atomic E-state index is 0.107. The van der Waals surface area contributed by atoms with Crippen molar-refractivity contribution in [1.29, 1.82) is 0 Å². The monoisotopic (exact) mass is 449 g/mol. The van der Waals surface area contributed by atoms with E-state index in [0.717, 1.165) is 40.0 Å². The van der Waals surface area contributed by atoms with Gasteiger partial charge in [-0.3, -0.25) is 15.0 Å². The van der Waals surface area contributed by atoms with Crippen LogP contribution in [-0.2, 0) is 13.0 Å². The van der Waals surface area contributed by atoms with Crippen LogP contribution in [0.15, 0.2) is 14.3 Å². The zero-order valence-electron chi connectivity index (χ0n) is 11.3. The second-order valence-electron chi connectivity index (χ2n) is 4.69. The number of thiazole rings is 1. The summed E-state index contributed by atoms with van der Waals surface area (Å²) in [5, 5.41) is 3.61. The van der Waals surface area contributed by atoms with Gasteiger partial charge in [0.2, 0.25) is 0 Å². The number of thiophene rings is 1. The summed E-state index contributed by atoms with van der Waals surface area (Å²) in [5.74, 6) is -0.107. The lowest BCUT2D eigenvalue weighted by Gasteiger charge is -2.23. The van der Waals surface area contributed by atoms with Crippen molar-refractivity contribution in [2.24, 2.45) is 0 Å². The number of rotatable bonds is 3. The highest BCUT2D eigenvalue weighted by atomic mass is 79.9. The summed E-state index contributed by atoms with van der Waals surface area (Å²) in [6.07, 6.45) is 0.964. The van der Waals surface area contributed by atoms with Crippen molar-refractivity contribution in [3.05, 3.63) is 29.8 Å². The quantitative estimate of drug-likeness (QED) is 0.755. The van der Waals surface area contributed by atoms with Crippen LogP contribution in [0.3, 0.4) is 0 Å². The summed E-state index contributed by atoms with van der Waals surface area (Å²) in [5.41, 5.74) is 1.13. The van der Waals surface area contributed by atoms with Crippen LogP contribution in [0.5, 0.6) is 0 Å². The van der Waals surface area contributed by atoms with Gasteiger partial charge in [-0.2, -0.15) is 0 Å². The fourth-order valence-electron chi connectivity index (χ4n) is 2.19. The minimum Gasteiger partial charge on any atom is -0.298 e. The Labute approximate surface area is 147 Å². The van der Waals surface area contributed by atoms with Crippen LogP contribution < -0.4 is 5.32 Å². The third-order valence-electron chi connectivity index (χ3n) is 3.35. The fraction of sp³-hybridized carbons (Fsp3) is 0.385. The van der Waals surface area contributed by atoms with Crippen LogP contribution in [0.1, 0.15) is 27.2 Å². The van der Waals surface area contributed by atoms with E-state index in [4.69, 9.17) is 0 Å². The maximum absolute atomic E-state index is 12.2. The number of aromatic nitrogens is 1. The summed E-state index contributed by atoms with van der Waals surface area (Å²) < 4.78 is 1.82. The van der Waals surface area contributed by atoms with Gasteiger partial charge in [0.05, 0.1) is 14.4 Å². The molecule has 0 radical (unpaired) electrons. The third kappa shape index (κ3) is 3.39. The van der Waals surface area contributed by atoms with E-state index in [1.807, 2.05) is 6.07 Å². The lowest BCUT2D eigenvalue weighted by atomic mass is 10.2. The van der Waals surface area contributed by atoms with Gasteiger partial charge in [-0.05, 0) is 44.5 Å². The molecule has 1 aliphatic rings. The van der Waals surface area contributed by atoms with Gasteiger partial charge in [0, 0.05) is 28.9 Å². The predicted octanol–water partition coefficient (Wildman–Crippen LogP) is 4.36. The molecule has 2 aromatic rings. The average Bonchev–Trinajstić information content (AvgIpc) is 3.01. The number of carbonyl (C=O) groups excluding carboxylic acids is 1. The molecule has 0 fully saturated rings. The molecule has 2 aromatic heterocycles. The Hall–Kier alpha value is -0.280. The summed E-state index contributed by atoms with van der Waals surface area (Å²) in [4.78, 5) is 21.1. The number of hydrogen-bond donors (Lipinski definition) is 1. The van der Waals surface area contributed by atoms with Crippen molar-refractivity contribution in [3.63, 3.8) is 0 Å². The van der Waals surface area contributed by atoms with Crippen molar-refractivity contribution in [2.75, 3.05) is 18.4 Å². The number of anilines is 1. The Morgan fingerprint density at radius 1 is 1.48 bits per heavy atom. The van der Waals surface area contributed by atoms with E-state index < -0.39 is 0 Å². The highest BCUT2D eigenvalue weighted by Gasteiger charge is 2.21. The van der Waals surface area contributed by atoms with Crippen molar-refractivity contribution in [1.82, 2.24) is 9.88 Å². The maximum atomic E-state index is 12.2. The smallest absolute Gasteiger partial charge is 0.267 e. The molecule has 0 unspecified atom stereocenters.